The fraction of sp³-hybridized carbons (Fsp3) is 0.714. The fourth-order valence-corrected chi connectivity index (χ4v) is 1.89. The molecule has 54 valence electrons. The van der Waals surface area contributed by atoms with Gasteiger partial charge in [0.2, 0.25) is 0 Å². The molecule has 0 aliphatic rings. The normalized spacial score (nSPS) is 8.89. The van der Waals surface area contributed by atoms with Crippen LogP contribution in [-0.2, 0) is 4.74 Å². The van der Waals surface area contributed by atoms with Gasteiger partial charge in [-0.15, -0.1) is 0 Å². The van der Waals surface area contributed by atoms with Crippen molar-refractivity contribution < 1.29 is 4.74 Å². The molecule has 1 nitrogen and oxygen atoms in total. The zero-order chi connectivity index (χ0) is 7.28. The van der Waals surface area contributed by atoms with E-state index in [1.165, 1.54) is 10.2 Å². The predicted molar refractivity (Wildman–Crippen MR) is 41.6 cm³/mol. The summed E-state index contributed by atoms with van der Waals surface area (Å²) in [5, 5.41) is 0. The first-order valence-corrected chi connectivity index (χ1v) is 5.63. The van der Waals surface area contributed by atoms with Gasteiger partial charge in [-0.25, -0.2) is 0 Å². The van der Waals surface area contributed by atoms with E-state index >= 15 is 0 Å². The first-order valence-electron chi connectivity index (χ1n) is 3.06. The van der Waals surface area contributed by atoms with E-state index in [-0.39, 0.29) is 0 Å². The summed E-state index contributed by atoms with van der Waals surface area (Å²) in [6.07, 6.45) is 0. The fourth-order valence-electron chi connectivity index (χ4n) is 0.538. The molecule has 0 N–H and O–H groups in total. The monoisotopic (exact) mass is 194 g/mol. The summed E-state index contributed by atoms with van der Waals surface area (Å²) >= 11 is 0.523. The van der Waals surface area contributed by atoms with Crippen LogP contribution in [0.2, 0.25) is 5.82 Å². The van der Waals surface area contributed by atoms with Crippen molar-refractivity contribution in [1.82, 2.24) is 0 Å². The second-order valence-corrected chi connectivity index (χ2v) is 3.56. The predicted octanol–water partition coefficient (Wildman–Crippen LogP) is 2.03. The average Bonchev–Trinajstić information content (AvgIpc) is 1.82. The molecule has 0 rings (SSSR count). The van der Waals surface area contributed by atoms with Crippen LogP contribution in [0.25, 0.3) is 0 Å². The third-order valence-corrected chi connectivity index (χ3v) is 2.75. The molecule has 0 spiro atoms. The Morgan fingerprint density at radius 2 is 2.00 bits per heavy atom. The van der Waals surface area contributed by atoms with Gasteiger partial charge in [0.1, 0.15) is 0 Å². The van der Waals surface area contributed by atoms with Gasteiger partial charge in [0.05, 0.1) is 0 Å². The van der Waals surface area contributed by atoms with Gasteiger partial charge in [-0.05, 0) is 0 Å². The second kappa shape index (κ2) is 4.89. The van der Waals surface area contributed by atoms with Crippen molar-refractivity contribution in [3.63, 3.8) is 0 Å². The molecule has 0 amide bonds. The van der Waals surface area contributed by atoms with Gasteiger partial charge in [-0.3, -0.25) is 0 Å². The Morgan fingerprint density at radius 1 is 1.44 bits per heavy atom. The van der Waals surface area contributed by atoms with Gasteiger partial charge < -0.3 is 0 Å². The molecule has 0 aromatic carbocycles. The second-order valence-electron chi connectivity index (χ2n) is 1.92. The number of hydrogen-bond acceptors (Lipinski definition) is 1. The van der Waals surface area contributed by atoms with Crippen molar-refractivity contribution in [2.24, 2.45) is 0 Å². The summed E-state index contributed by atoms with van der Waals surface area (Å²) in [4.78, 5) is 0. The van der Waals surface area contributed by atoms with E-state index in [2.05, 4.69) is 19.7 Å². The van der Waals surface area contributed by atoms with Crippen LogP contribution in [0.3, 0.4) is 0 Å². The van der Waals surface area contributed by atoms with E-state index < -0.39 is 0 Å². The third-order valence-electron chi connectivity index (χ3n) is 0.869. The van der Waals surface area contributed by atoms with Gasteiger partial charge in [0, 0.05) is 0 Å². The summed E-state index contributed by atoms with van der Waals surface area (Å²) < 4.78 is 6.56. The molecule has 0 heterocycles. The van der Waals surface area contributed by atoms with E-state index in [4.69, 9.17) is 4.74 Å². The molecule has 0 aliphatic carbocycles. The summed E-state index contributed by atoms with van der Waals surface area (Å²) in [6.45, 7) is 7.01. The van der Waals surface area contributed by atoms with Crippen LogP contribution in [0.15, 0.2) is 10.2 Å². The summed E-state index contributed by atoms with van der Waals surface area (Å²) in [5.41, 5.74) is 1.32. The molecular weight excluding hydrogens is 179 g/mol. The van der Waals surface area contributed by atoms with Crippen LogP contribution < -0.4 is 0 Å². The van der Waals surface area contributed by atoms with Crippen LogP contribution >= 0.6 is 0 Å². The van der Waals surface area contributed by atoms with Crippen molar-refractivity contribution in [3.05, 3.63) is 10.2 Å². The van der Waals surface area contributed by atoms with E-state index in [0.717, 1.165) is 6.61 Å². The van der Waals surface area contributed by atoms with Crippen LogP contribution in [0.5, 0.6) is 0 Å². The van der Waals surface area contributed by atoms with Crippen LogP contribution in [-0.4, -0.2) is 21.6 Å². The van der Waals surface area contributed by atoms with Crippen molar-refractivity contribution in [2.45, 2.75) is 26.6 Å². The summed E-state index contributed by atoms with van der Waals surface area (Å²) in [5.74, 6) is 2.17. The molecule has 0 bridgehead atoms. The minimum absolute atomic E-state index is 0.523. The molecule has 0 saturated heterocycles. The standard InChI is InChI=1S/C7H14OSe/c1-5-8-7(9-4)6(2)3/h5H2,1-4H3. The summed E-state index contributed by atoms with van der Waals surface area (Å²) in [7, 11) is 0. The van der Waals surface area contributed by atoms with Crippen LogP contribution in [0.1, 0.15) is 20.8 Å². The first-order chi connectivity index (χ1) is 4.22. The van der Waals surface area contributed by atoms with Gasteiger partial charge in [-0.1, -0.05) is 0 Å². The topological polar surface area (TPSA) is 9.23 Å². The van der Waals surface area contributed by atoms with Crippen molar-refractivity contribution in [3.8, 4) is 0 Å². The number of allylic oxidation sites excluding steroid dienone is 1. The maximum absolute atomic E-state index is 5.36. The Hall–Kier alpha value is 0.0595. The number of rotatable bonds is 3. The van der Waals surface area contributed by atoms with E-state index in [9.17, 15) is 0 Å². The number of hydrogen-bond donors (Lipinski definition) is 0. The molecule has 9 heavy (non-hydrogen) atoms. The third kappa shape index (κ3) is 3.61. The molecule has 0 fully saturated rings. The molecule has 0 unspecified atom stereocenters. The zero-order valence-electron chi connectivity index (χ0n) is 6.52. The Labute approximate surface area is 63.6 Å². The Morgan fingerprint density at radius 3 is 2.11 bits per heavy atom. The molecule has 0 aromatic rings. The Bertz CT molecular complexity index is 103. The average molecular weight is 193 g/mol. The van der Waals surface area contributed by atoms with Gasteiger partial charge in [0.25, 0.3) is 0 Å². The number of ether oxygens (including phenoxy) is 1. The first kappa shape index (κ1) is 9.06. The van der Waals surface area contributed by atoms with Crippen molar-refractivity contribution in [1.29, 1.82) is 0 Å². The van der Waals surface area contributed by atoms with Crippen molar-refractivity contribution >= 4 is 15.0 Å². The van der Waals surface area contributed by atoms with E-state index in [1.54, 1.807) is 0 Å². The van der Waals surface area contributed by atoms with Gasteiger partial charge in [-0.2, -0.15) is 0 Å². The molecule has 0 radical (unpaired) electrons. The van der Waals surface area contributed by atoms with Gasteiger partial charge >= 0.3 is 63.1 Å². The Balaban J connectivity index is 3.83. The minimum atomic E-state index is 0.523. The summed E-state index contributed by atoms with van der Waals surface area (Å²) in [6, 6.07) is 0. The Kier molecular flexibility index (Phi) is 4.93. The quantitative estimate of drug-likeness (QED) is 0.492. The van der Waals surface area contributed by atoms with Crippen LogP contribution in [0.4, 0.5) is 0 Å². The van der Waals surface area contributed by atoms with Crippen LogP contribution in [0, 0.1) is 0 Å². The van der Waals surface area contributed by atoms with Crippen molar-refractivity contribution in [2.75, 3.05) is 6.61 Å². The zero-order valence-corrected chi connectivity index (χ0v) is 8.24. The SMILES string of the molecule is CCOC([Se]C)=C(C)C. The van der Waals surface area contributed by atoms with E-state index in [0.29, 0.717) is 15.0 Å². The molecular formula is C7H14OSe. The molecule has 0 aliphatic heterocycles. The molecule has 0 atom stereocenters. The van der Waals surface area contributed by atoms with Gasteiger partial charge in [0.15, 0.2) is 0 Å². The van der Waals surface area contributed by atoms with E-state index in [1.807, 2.05) is 6.92 Å². The molecule has 2 heteroatoms. The molecule has 0 aromatic heterocycles. The maximum atomic E-state index is 5.36. The molecule has 0 saturated carbocycles.